The second kappa shape index (κ2) is 9.22. The van der Waals surface area contributed by atoms with Crippen molar-refractivity contribution in [1.82, 2.24) is 9.78 Å². The van der Waals surface area contributed by atoms with Crippen LogP contribution in [0.5, 0.6) is 0 Å². The Morgan fingerprint density at radius 3 is 2.55 bits per heavy atom. The number of nitrogens with two attached hydrogens (primary N) is 1. The minimum absolute atomic E-state index is 0.201. The highest BCUT2D eigenvalue weighted by molar-refractivity contribution is 8.05. The minimum atomic E-state index is -0.760. The summed E-state index contributed by atoms with van der Waals surface area (Å²) in [6.45, 7) is 1.81. The summed E-state index contributed by atoms with van der Waals surface area (Å²) in [5, 5.41) is 16.7. The first kappa shape index (κ1) is 22.2. The van der Waals surface area contributed by atoms with Crippen LogP contribution in [0, 0.1) is 24.2 Å². The molecule has 166 valence electrons. The van der Waals surface area contributed by atoms with Crippen LogP contribution < -0.4 is 11.1 Å². The first-order chi connectivity index (χ1) is 16.0. The molecule has 0 radical (unpaired) electrons. The van der Waals surface area contributed by atoms with Crippen LogP contribution in [0.1, 0.15) is 26.4 Å². The number of rotatable bonds is 6. The van der Waals surface area contributed by atoms with Gasteiger partial charge in [-0.2, -0.15) is 10.4 Å². The Hall–Kier alpha value is -4.03. The molecule has 0 fully saturated rings. The predicted octanol–water partition coefficient (Wildman–Crippen LogP) is 3.65. The van der Waals surface area contributed by atoms with Gasteiger partial charge in [0.05, 0.1) is 52.2 Å². The molecule has 0 bridgehead atoms. The van der Waals surface area contributed by atoms with Crippen LogP contribution in [0.2, 0.25) is 0 Å². The van der Waals surface area contributed by atoms with Crippen molar-refractivity contribution < 1.29 is 14.3 Å². The monoisotopic (exact) mass is 459 g/mol. The number of Topliss-reactive ketones (excluding diaryl/α,β-unsaturated/α-hetero) is 1. The highest BCUT2D eigenvalue weighted by atomic mass is 32.2. The van der Waals surface area contributed by atoms with Crippen molar-refractivity contribution in [2.75, 3.05) is 12.4 Å². The van der Waals surface area contributed by atoms with E-state index in [4.69, 9.17) is 10.5 Å². The number of aromatic nitrogens is 2. The Morgan fingerprint density at radius 1 is 1.15 bits per heavy atom. The Bertz CT molecular complexity index is 1290. The van der Waals surface area contributed by atoms with E-state index in [1.54, 1.807) is 28.9 Å². The lowest BCUT2D eigenvalue weighted by atomic mass is 10.0. The number of para-hydroxylation sites is 2. The Balaban J connectivity index is 1.61. The smallest absolute Gasteiger partial charge is 0.339 e. The highest BCUT2D eigenvalue weighted by Gasteiger charge is 2.39. The van der Waals surface area contributed by atoms with Crippen molar-refractivity contribution in [2.24, 2.45) is 11.7 Å². The number of esters is 1. The molecule has 33 heavy (non-hydrogen) atoms. The van der Waals surface area contributed by atoms with Crippen LogP contribution in [0.4, 0.5) is 5.69 Å². The van der Waals surface area contributed by atoms with Crippen LogP contribution in [-0.4, -0.2) is 34.0 Å². The second-order valence-electron chi connectivity index (χ2n) is 7.33. The molecule has 1 aliphatic heterocycles. The Labute approximate surface area is 195 Å². The largest absolute Gasteiger partial charge is 0.465 e. The number of benzene rings is 2. The highest BCUT2D eigenvalue weighted by Crippen LogP contribution is 2.42. The summed E-state index contributed by atoms with van der Waals surface area (Å²) in [6.07, 6.45) is 1.51. The fourth-order valence-electron chi connectivity index (χ4n) is 3.64. The number of carbonyl (C=O) groups is 2. The summed E-state index contributed by atoms with van der Waals surface area (Å²) >= 11 is 1.17. The van der Waals surface area contributed by atoms with E-state index in [0.29, 0.717) is 27.4 Å². The maximum absolute atomic E-state index is 13.4. The molecule has 3 N–H and O–H groups in total. The van der Waals surface area contributed by atoms with Crippen LogP contribution in [0.3, 0.4) is 0 Å². The van der Waals surface area contributed by atoms with Gasteiger partial charge in [0.2, 0.25) is 5.78 Å². The number of nitrogens with one attached hydrogen (secondary N) is 1. The third kappa shape index (κ3) is 4.08. The topological polar surface area (TPSA) is 123 Å². The van der Waals surface area contributed by atoms with Crippen molar-refractivity contribution in [2.45, 2.75) is 12.3 Å². The van der Waals surface area contributed by atoms with E-state index in [9.17, 15) is 14.9 Å². The number of nitriles is 1. The zero-order chi connectivity index (χ0) is 23.5. The van der Waals surface area contributed by atoms with Crippen molar-refractivity contribution in [1.29, 1.82) is 5.26 Å². The molecule has 0 saturated heterocycles. The lowest BCUT2D eigenvalue weighted by molar-refractivity contribution is 0.0601. The minimum Gasteiger partial charge on any atom is -0.465 e. The number of anilines is 1. The fraction of sp³-hybridized carbons (Fsp3) is 0.167. The van der Waals surface area contributed by atoms with Gasteiger partial charge in [0.25, 0.3) is 0 Å². The number of methoxy groups -OCH3 is 1. The SMILES string of the molecule is COC(=O)c1ccccc1NC1SC(C(=O)c2cnn(-c3ccccc3)c2C)=C(N)C1C#N. The average molecular weight is 460 g/mol. The van der Waals surface area contributed by atoms with E-state index in [2.05, 4.69) is 16.5 Å². The van der Waals surface area contributed by atoms with Crippen LogP contribution >= 0.6 is 11.8 Å². The number of thioether (sulfide) groups is 1. The first-order valence-electron chi connectivity index (χ1n) is 10.1. The number of ether oxygens (including phenoxy) is 1. The zero-order valence-corrected chi connectivity index (χ0v) is 18.8. The Morgan fingerprint density at radius 2 is 1.85 bits per heavy atom. The first-order valence-corrected chi connectivity index (χ1v) is 11.0. The Kier molecular flexibility index (Phi) is 6.20. The van der Waals surface area contributed by atoms with Crippen molar-refractivity contribution in [3.8, 4) is 11.8 Å². The summed E-state index contributed by atoms with van der Waals surface area (Å²) in [5.41, 5.74) is 9.22. The maximum atomic E-state index is 13.4. The quantitative estimate of drug-likeness (QED) is 0.423. The lowest BCUT2D eigenvalue weighted by Crippen LogP contribution is -2.25. The van der Waals surface area contributed by atoms with Crippen LogP contribution in [-0.2, 0) is 4.74 Å². The number of allylic oxidation sites excluding steroid dienone is 1. The van der Waals surface area contributed by atoms with Crippen LogP contribution in [0.15, 0.2) is 71.4 Å². The third-order valence-corrected chi connectivity index (χ3v) is 6.68. The van der Waals surface area contributed by atoms with Gasteiger partial charge in [0.1, 0.15) is 5.92 Å². The van der Waals surface area contributed by atoms with Gasteiger partial charge in [0.15, 0.2) is 0 Å². The normalized spacial score (nSPS) is 17.5. The zero-order valence-electron chi connectivity index (χ0n) is 18.0. The summed E-state index contributed by atoms with van der Waals surface area (Å²) in [7, 11) is 1.30. The molecule has 0 spiro atoms. The van der Waals surface area contributed by atoms with E-state index >= 15 is 0 Å². The molecule has 0 aliphatic carbocycles. The molecule has 2 unspecified atom stereocenters. The molecular weight excluding hydrogens is 438 g/mol. The van der Waals surface area contributed by atoms with Crippen molar-refractivity contribution in [3.63, 3.8) is 0 Å². The fourth-order valence-corrected chi connectivity index (χ4v) is 4.90. The molecule has 9 heteroatoms. The van der Waals surface area contributed by atoms with Gasteiger partial charge in [-0.1, -0.05) is 42.1 Å². The molecule has 1 aliphatic rings. The molecule has 1 aromatic heterocycles. The van der Waals surface area contributed by atoms with E-state index in [1.165, 1.54) is 25.1 Å². The number of ketones is 1. The molecule has 2 heterocycles. The number of hydrogen-bond donors (Lipinski definition) is 2. The molecule has 0 saturated carbocycles. The molecular formula is C24H21N5O3S. The van der Waals surface area contributed by atoms with Crippen molar-refractivity contribution in [3.05, 3.63) is 88.2 Å². The van der Waals surface area contributed by atoms with Gasteiger partial charge < -0.3 is 15.8 Å². The van der Waals surface area contributed by atoms with E-state index in [-0.39, 0.29) is 11.5 Å². The maximum Gasteiger partial charge on any atom is 0.339 e. The summed E-state index contributed by atoms with van der Waals surface area (Å²) in [5.74, 6) is -1.55. The molecule has 2 atom stereocenters. The standard InChI is InChI=1S/C24H21N5O3S/c1-14-18(13-27-29(14)15-8-4-3-5-9-15)21(30)22-20(26)17(12-25)23(33-22)28-19-11-7-6-10-16(19)24(31)32-2/h3-11,13,17,23,28H,26H2,1-2H3. The van der Waals surface area contributed by atoms with Gasteiger partial charge >= 0.3 is 5.97 Å². The van der Waals surface area contributed by atoms with Gasteiger partial charge in [-0.05, 0) is 31.2 Å². The van der Waals surface area contributed by atoms with Gasteiger partial charge in [-0.3, -0.25) is 4.79 Å². The molecule has 3 aromatic rings. The van der Waals surface area contributed by atoms with Gasteiger partial charge in [-0.25, -0.2) is 9.48 Å². The van der Waals surface area contributed by atoms with Crippen LogP contribution in [0.25, 0.3) is 5.69 Å². The molecule has 8 nitrogen and oxygen atoms in total. The number of nitrogens with zero attached hydrogens (tertiary/aromatic N) is 3. The van der Waals surface area contributed by atoms with E-state index < -0.39 is 17.3 Å². The van der Waals surface area contributed by atoms with Crippen molar-refractivity contribution >= 4 is 29.2 Å². The molecule has 4 rings (SSSR count). The molecule has 2 aromatic carbocycles. The third-order valence-electron chi connectivity index (χ3n) is 5.38. The lowest BCUT2D eigenvalue weighted by Gasteiger charge is -2.19. The van der Waals surface area contributed by atoms with Gasteiger partial charge in [0, 0.05) is 11.4 Å². The summed E-state index contributed by atoms with van der Waals surface area (Å²) < 4.78 is 6.52. The number of hydrogen-bond acceptors (Lipinski definition) is 8. The average Bonchev–Trinajstić information content (AvgIpc) is 3.38. The molecule has 0 amide bonds. The number of carbonyl (C=O) groups excluding carboxylic acids is 2. The summed E-state index contributed by atoms with van der Waals surface area (Å²) in [4.78, 5) is 25.8. The van der Waals surface area contributed by atoms with E-state index in [1.807, 2.05) is 37.3 Å². The summed E-state index contributed by atoms with van der Waals surface area (Å²) in [6, 6.07) is 18.5. The second-order valence-corrected chi connectivity index (χ2v) is 8.48. The van der Waals surface area contributed by atoms with E-state index in [0.717, 1.165) is 5.69 Å². The predicted molar refractivity (Wildman–Crippen MR) is 126 cm³/mol. The van der Waals surface area contributed by atoms with Gasteiger partial charge in [-0.15, -0.1) is 0 Å².